The molecule has 0 N–H and O–H groups in total. The maximum Gasteiger partial charge on any atom is 0.126 e. The normalized spacial score (nSPS) is 11.4. The average Bonchev–Trinajstić information content (AvgIpc) is 1.84. The molecule has 0 rings (SSSR count). The molecule has 0 amide bonds. The predicted molar refractivity (Wildman–Crippen MR) is 44.4 cm³/mol. The molecule has 0 saturated carbocycles. The average molecular weight is 226 g/mol. The smallest absolute Gasteiger partial charge is 0.0913 e. The molecular formula is C4HCl5. The van der Waals surface area contributed by atoms with E-state index in [1.807, 2.05) is 0 Å². The van der Waals surface area contributed by atoms with Crippen LogP contribution in [0.4, 0.5) is 0 Å². The maximum absolute atomic E-state index is 5.40. The summed E-state index contributed by atoms with van der Waals surface area (Å²) in [6, 6.07) is 0. The summed E-state index contributed by atoms with van der Waals surface area (Å²) >= 11 is 26.4. The van der Waals surface area contributed by atoms with Crippen LogP contribution >= 0.6 is 58.0 Å². The van der Waals surface area contributed by atoms with E-state index >= 15 is 0 Å². The van der Waals surface area contributed by atoms with Gasteiger partial charge in [-0.05, 0) is 0 Å². The fourth-order valence-electron chi connectivity index (χ4n) is 0.138. The topological polar surface area (TPSA) is 0 Å². The molecule has 0 aromatic rings. The molecule has 0 spiro atoms. The van der Waals surface area contributed by atoms with Crippen LogP contribution < -0.4 is 0 Å². The molecule has 0 saturated heterocycles. The van der Waals surface area contributed by atoms with E-state index < -0.39 is 0 Å². The van der Waals surface area contributed by atoms with Gasteiger partial charge >= 0.3 is 0 Å². The van der Waals surface area contributed by atoms with Crippen LogP contribution in [-0.4, -0.2) is 0 Å². The minimum absolute atomic E-state index is 0.0509. The Labute approximate surface area is 78.0 Å². The third-order valence-corrected chi connectivity index (χ3v) is 2.16. The predicted octanol–water partition coefficient (Wildman–Crippen LogP) is 4.19. The number of hydrogen-bond acceptors (Lipinski definition) is 0. The van der Waals surface area contributed by atoms with Crippen LogP contribution in [-0.2, 0) is 0 Å². The zero-order valence-corrected chi connectivity index (χ0v) is 7.75. The van der Waals surface area contributed by atoms with Gasteiger partial charge in [0.2, 0.25) is 0 Å². The first-order valence-electron chi connectivity index (χ1n) is 1.76. The Morgan fingerprint density at radius 1 is 1.00 bits per heavy atom. The number of halogens is 5. The van der Waals surface area contributed by atoms with E-state index in [-0.39, 0.29) is 14.6 Å². The fourth-order valence-corrected chi connectivity index (χ4v) is 0.753. The lowest BCUT2D eigenvalue weighted by molar-refractivity contribution is 1.87. The second kappa shape index (κ2) is 4.70. The highest BCUT2D eigenvalue weighted by molar-refractivity contribution is 6.61. The van der Waals surface area contributed by atoms with Gasteiger partial charge in [0.05, 0.1) is 10.1 Å². The van der Waals surface area contributed by atoms with Crippen molar-refractivity contribution in [2.24, 2.45) is 0 Å². The van der Waals surface area contributed by atoms with Crippen LogP contribution in [0.25, 0.3) is 0 Å². The molecule has 0 aromatic carbocycles. The lowest BCUT2D eigenvalue weighted by atomic mass is 10.6. The molecule has 0 aliphatic heterocycles. The Hall–Kier alpha value is 0.930. The minimum atomic E-state index is -0.0985. The van der Waals surface area contributed by atoms with Crippen molar-refractivity contribution < 1.29 is 0 Å². The Morgan fingerprint density at radius 3 is 1.56 bits per heavy atom. The van der Waals surface area contributed by atoms with Crippen molar-refractivity contribution in [1.29, 1.82) is 0 Å². The molecule has 0 aliphatic rings. The van der Waals surface area contributed by atoms with Crippen molar-refractivity contribution in [3.05, 3.63) is 20.1 Å². The molecular weight excluding hydrogens is 225 g/mol. The van der Waals surface area contributed by atoms with Crippen LogP contribution in [0.3, 0.4) is 0 Å². The van der Waals surface area contributed by atoms with Crippen LogP contribution in [0, 0.1) is 0 Å². The van der Waals surface area contributed by atoms with Gasteiger partial charge in [-0.2, -0.15) is 0 Å². The van der Waals surface area contributed by atoms with Gasteiger partial charge in [0.25, 0.3) is 0 Å². The van der Waals surface area contributed by atoms with E-state index in [0.29, 0.717) is 0 Å². The van der Waals surface area contributed by atoms with Gasteiger partial charge < -0.3 is 0 Å². The Morgan fingerprint density at radius 2 is 1.44 bits per heavy atom. The highest BCUT2D eigenvalue weighted by Crippen LogP contribution is 2.27. The summed E-state index contributed by atoms with van der Waals surface area (Å²) in [7, 11) is 0. The number of hydrogen-bond donors (Lipinski definition) is 0. The molecule has 0 radical (unpaired) electrons. The van der Waals surface area contributed by atoms with E-state index in [9.17, 15) is 0 Å². The van der Waals surface area contributed by atoms with E-state index in [2.05, 4.69) is 0 Å². The minimum Gasteiger partial charge on any atom is -0.0913 e. The first-order chi connectivity index (χ1) is 4.09. The molecule has 0 aromatic heterocycles. The van der Waals surface area contributed by atoms with Gasteiger partial charge in [0.1, 0.15) is 4.49 Å². The summed E-state index contributed by atoms with van der Waals surface area (Å²) < 4.78 is -0.0985. The zero-order chi connectivity index (χ0) is 7.44. The summed E-state index contributed by atoms with van der Waals surface area (Å²) in [5, 5.41) is 0.174. The van der Waals surface area contributed by atoms with Gasteiger partial charge in [0.15, 0.2) is 0 Å². The van der Waals surface area contributed by atoms with Gasteiger partial charge in [-0.15, -0.1) is 0 Å². The summed E-state index contributed by atoms with van der Waals surface area (Å²) in [5.74, 6) is 0. The summed E-state index contributed by atoms with van der Waals surface area (Å²) in [5.41, 5.74) is 1.08. The molecule has 0 fully saturated rings. The van der Waals surface area contributed by atoms with Crippen LogP contribution in [0.1, 0.15) is 0 Å². The molecule has 0 bridgehead atoms. The molecule has 0 heterocycles. The van der Waals surface area contributed by atoms with E-state index in [1.54, 1.807) is 0 Å². The Kier molecular flexibility index (Phi) is 5.19. The van der Waals surface area contributed by atoms with Gasteiger partial charge in [-0.3, -0.25) is 0 Å². The van der Waals surface area contributed by atoms with Crippen LogP contribution in [0.2, 0.25) is 0 Å². The largest absolute Gasteiger partial charge is 0.126 e. The monoisotopic (exact) mass is 224 g/mol. The first-order valence-corrected chi connectivity index (χ1v) is 3.71. The fraction of sp³-hybridized carbons (Fsp3) is 0. The van der Waals surface area contributed by atoms with Crippen molar-refractivity contribution in [2.45, 2.75) is 0 Å². The number of rotatable bonds is 1. The van der Waals surface area contributed by atoms with Crippen LogP contribution in [0.15, 0.2) is 20.1 Å². The van der Waals surface area contributed by atoms with Gasteiger partial charge in [-0.25, -0.2) is 0 Å². The zero-order valence-electron chi connectivity index (χ0n) is 3.97. The Balaban J connectivity index is 4.40. The maximum atomic E-state index is 5.40. The van der Waals surface area contributed by atoms with Crippen molar-refractivity contribution in [3.8, 4) is 0 Å². The standard InChI is InChI=1S/C4HCl5/c5-1-2(6)3(7)4(8)9/h1H. The van der Waals surface area contributed by atoms with Crippen molar-refractivity contribution in [2.75, 3.05) is 0 Å². The van der Waals surface area contributed by atoms with E-state index in [4.69, 9.17) is 58.0 Å². The van der Waals surface area contributed by atoms with E-state index in [0.717, 1.165) is 5.54 Å². The second-order valence-electron chi connectivity index (χ2n) is 1.03. The summed E-state index contributed by atoms with van der Waals surface area (Å²) in [6.45, 7) is 0. The molecule has 52 valence electrons. The molecule has 9 heavy (non-hydrogen) atoms. The van der Waals surface area contributed by atoms with E-state index in [1.165, 1.54) is 0 Å². The highest BCUT2D eigenvalue weighted by atomic mass is 35.5. The van der Waals surface area contributed by atoms with Crippen LogP contribution in [0.5, 0.6) is 0 Å². The third-order valence-electron chi connectivity index (χ3n) is 0.471. The summed E-state index contributed by atoms with van der Waals surface area (Å²) in [6.07, 6.45) is 0. The molecule has 5 heteroatoms. The summed E-state index contributed by atoms with van der Waals surface area (Å²) in [4.78, 5) is 0. The van der Waals surface area contributed by atoms with Crippen molar-refractivity contribution >= 4 is 58.0 Å². The Bertz CT molecular complexity index is 152. The lowest BCUT2D eigenvalue weighted by Gasteiger charge is -1.91. The molecule has 0 aliphatic carbocycles. The first kappa shape index (κ1) is 9.93. The van der Waals surface area contributed by atoms with Crippen molar-refractivity contribution in [3.63, 3.8) is 0 Å². The quantitative estimate of drug-likeness (QED) is 0.588. The van der Waals surface area contributed by atoms with Gasteiger partial charge in [0, 0.05) is 5.54 Å². The number of allylic oxidation sites excluding steroid dienone is 2. The van der Waals surface area contributed by atoms with Crippen molar-refractivity contribution in [1.82, 2.24) is 0 Å². The molecule has 0 unspecified atom stereocenters. The lowest BCUT2D eigenvalue weighted by Crippen LogP contribution is -1.69. The molecule has 0 nitrogen and oxygen atoms in total. The third kappa shape index (κ3) is 3.59. The SMILES string of the molecule is ClC=C(Cl)C(Cl)=C(Cl)Cl. The molecule has 0 atom stereocenters. The van der Waals surface area contributed by atoms with Gasteiger partial charge in [-0.1, -0.05) is 58.0 Å². The highest BCUT2D eigenvalue weighted by Gasteiger charge is 2.01. The second-order valence-corrected chi connectivity index (χ2v) is 2.98.